The lowest BCUT2D eigenvalue weighted by molar-refractivity contribution is -0.122. The van der Waals surface area contributed by atoms with Crippen LogP contribution in [0.25, 0.3) is 0 Å². The van der Waals surface area contributed by atoms with Crippen LogP contribution in [0.3, 0.4) is 0 Å². The molecule has 254 valence electrons. The minimum Gasteiger partial charge on any atom is -0.444 e. The third-order valence-corrected chi connectivity index (χ3v) is 8.02. The highest BCUT2D eigenvalue weighted by atomic mass is 35.5. The summed E-state index contributed by atoms with van der Waals surface area (Å²) in [4.78, 5) is 55.0. The molecule has 0 saturated carbocycles. The number of nitrogens with one attached hydrogen (secondary N) is 4. The van der Waals surface area contributed by atoms with Crippen LogP contribution in [0.1, 0.15) is 41.8 Å². The standard InChI is InChI=1S/C31H42ClN9O5S/c1-20-7-6-8-22(32)27(20)39-28(43)23-18-35-29(47-23)38-24-17-25(37-21(2)36-24)41-13-11-40(12-14-41)19-26(42)33-9-15-45-16-10-34-30(44)46-31(3,4)5/h6-8,17-18H,9-16,19H2,1-5H3,(H,33,42)(H,34,44)(H,39,43)(H,35,36,37,38). The number of para-hydroxylation sites is 1. The number of rotatable bonds is 13. The molecule has 0 radical (unpaired) electrons. The number of benzene rings is 1. The summed E-state index contributed by atoms with van der Waals surface area (Å²) in [7, 11) is 0. The normalized spacial score (nSPS) is 13.6. The first-order valence-electron chi connectivity index (χ1n) is 15.3. The Morgan fingerprint density at radius 1 is 1.02 bits per heavy atom. The van der Waals surface area contributed by atoms with Gasteiger partial charge in [-0.25, -0.2) is 19.7 Å². The fourth-order valence-electron chi connectivity index (χ4n) is 4.59. The van der Waals surface area contributed by atoms with Crippen molar-refractivity contribution in [2.45, 2.75) is 40.2 Å². The van der Waals surface area contributed by atoms with Crippen LogP contribution in [0, 0.1) is 13.8 Å². The molecular formula is C31H42ClN9O5S. The molecule has 16 heteroatoms. The number of thiazole rings is 1. The molecular weight excluding hydrogens is 646 g/mol. The van der Waals surface area contributed by atoms with Gasteiger partial charge in [-0.3, -0.25) is 14.5 Å². The number of hydrogen-bond donors (Lipinski definition) is 4. The average molecular weight is 688 g/mol. The van der Waals surface area contributed by atoms with E-state index in [1.807, 2.05) is 32.0 Å². The maximum Gasteiger partial charge on any atom is 0.407 e. The number of amides is 3. The van der Waals surface area contributed by atoms with E-state index in [0.29, 0.717) is 91.4 Å². The lowest BCUT2D eigenvalue weighted by Gasteiger charge is -2.35. The van der Waals surface area contributed by atoms with Crippen molar-refractivity contribution in [3.05, 3.63) is 51.7 Å². The van der Waals surface area contributed by atoms with Crippen LogP contribution in [-0.4, -0.2) is 102 Å². The van der Waals surface area contributed by atoms with Gasteiger partial charge in [-0.1, -0.05) is 35.1 Å². The van der Waals surface area contributed by atoms with E-state index in [-0.39, 0.29) is 11.8 Å². The molecule has 4 N–H and O–H groups in total. The predicted octanol–water partition coefficient (Wildman–Crippen LogP) is 3.98. The topological polar surface area (TPSA) is 163 Å². The largest absolute Gasteiger partial charge is 0.444 e. The van der Waals surface area contributed by atoms with E-state index in [0.717, 1.165) is 11.4 Å². The highest BCUT2D eigenvalue weighted by Gasteiger charge is 2.21. The van der Waals surface area contributed by atoms with E-state index >= 15 is 0 Å². The number of carbonyl (C=O) groups excluding carboxylic acids is 3. The molecule has 14 nitrogen and oxygen atoms in total. The van der Waals surface area contributed by atoms with Crippen molar-refractivity contribution < 1.29 is 23.9 Å². The van der Waals surface area contributed by atoms with Crippen LogP contribution in [-0.2, 0) is 14.3 Å². The number of halogens is 1. The molecule has 0 bridgehead atoms. The van der Waals surface area contributed by atoms with Crippen molar-refractivity contribution >= 4 is 63.3 Å². The van der Waals surface area contributed by atoms with Crippen molar-refractivity contribution in [2.24, 2.45) is 0 Å². The number of aromatic nitrogens is 3. The second-order valence-corrected chi connectivity index (χ2v) is 13.3. The first-order chi connectivity index (χ1) is 22.4. The number of ether oxygens (including phenoxy) is 2. The first kappa shape index (κ1) is 35.8. The van der Waals surface area contributed by atoms with E-state index < -0.39 is 11.7 Å². The lowest BCUT2D eigenvalue weighted by Crippen LogP contribution is -2.50. The van der Waals surface area contributed by atoms with E-state index in [4.69, 9.17) is 21.1 Å². The van der Waals surface area contributed by atoms with Crippen LogP contribution < -0.4 is 26.2 Å². The number of hydrogen-bond acceptors (Lipinski definition) is 12. The van der Waals surface area contributed by atoms with Crippen molar-refractivity contribution in [3.63, 3.8) is 0 Å². The molecule has 1 aromatic carbocycles. The number of nitrogens with zero attached hydrogens (tertiary/aromatic N) is 5. The van der Waals surface area contributed by atoms with Crippen LogP contribution in [0.15, 0.2) is 30.5 Å². The van der Waals surface area contributed by atoms with Crippen LogP contribution in [0.4, 0.5) is 27.2 Å². The number of alkyl carbamates (subject to hydrolysis) is 1. The Bertz CT molecular complexity index is 1520. The summed E-state index contributed by atoms with van der Waals surface area (Å²) in [6.07, 6.45) is 1.03. The summed E-state index contributed by atoms with van der Waals surface area (Å²) in [6.45, 7) is 13.6. The molecule has 1 saturated heterocycles. The van der Waals surface area contributed by atoms with E-state index in [9.17, 15) is 14.4 Å². The van der Waals surface area contributed by atoms with E-state index in [1.54, 1.807) is 26.8 Å². The number of aryl methyl sites for hydroxylation is 2. The molecule has 0 aliphatic carbocycles. The molecule has 2 aromatic heterocycles. The van der Waals surface area contributed by atoms with Gasteiger partial charge in [0.15, 0.2) is 5.13 Å². The summed E-state index contributed by atoms with van der Waals surface area (Å²) < 4.78 is 10.6. The molecule has 0 atom stereocenters. The molecule has 3 aromatic rings. The summed E-state index contributed by atoms with van der Waals surface area (Å²) in [5, 5.41) is 12.6. The second-order valence-electron chi connectivity index (χ2n) is 11.9. The third kappa shape index (κ3) is 11.6. The van der Waals surface area contributed by atoms with Gasteiger partial charge in [0.25, 0.3) is 5.91 Å². The van der Waals surface area contributed by atoms with Gasteiger partial charge in [0.05, 0.1) is 36.7 Å². The van der Waals surface area contributed by atoms with Crippen molar-refractivity contribution in [3.8, 4) is 0 Å². The molecule has 3 heterocycles. The number of anilines is 4. The molecule has 4 rings (SSSR count). The monoisotopic (exact) mass is 687 g/mol. The summed E-state index contributed by atoms with van der Waals surface area (Å²) in [6, 6.07) is 7.29. The third-order valence-electron chi connectivity index (χ3n) is 6.80. The van der Waals surface area contributed by atoms with Crippen molar-refractivity contribution in [1.29, 1.82) is 0 Å². The Morgan fingerprint density at radius 2 is 1.74 bits per heavy atom. The van der Waals surface area contributed by atoms with Gasteiger partial charge in [-0.15, -0.1) is 0 Å². The summed E-state index contributed by atoms with van der Waals surface area (Å²) in [5.41, 5.74) is 0.894. The van der Waals surface area contributed by atoms with E-state index in [1.165, 1.54) is 17.5 Å². The quantitative estimate of drug-likeness (QED) is 0.192. The zero-order valence-electron chi connectivity index (χ0n) is 27.3. The smallest absolute Gasteiger partial charge is 0.407 e. The SMILES string of the molecule is Cc1nc(Nc2ncc(C(=O)Nc3c(C)cccc3Cl)s2)cc(N2CCN(CC(=O)NCCOCCNC(=O)OC(C)(C)C)CC2)n1. The Kier molecular flexibility index (Phi) is 12.7. The van der Waals surface area contributed by atoms with Gasteiger partial charge in [0, 0.05) is 45.3 Å². The zero-order chi connectivity index (χ0) is 34.0. The molecule has 1 aliphatic rings. The Labute approximate surface area is 283 Å². The van der Waals surface area contributed by atoms with Crippen LogP contribution in [0.2, 0.25) is 5.02 Å². The highest BCUT2D eigenvalue weighted by Crippen LogP contribution is 2.28. The van der Waals surface area contributed by atoms with Gasteiger partial charge >= 0.3 is 6.09 Å². The Hall–Kier alpha value is -4.05. The summed E-state index contributed by atoms with van der Waals surface area (Å²) in [5.74, 6) is 1.57. The molecule has 3 amide bonds. The minimum absolute atomic E-state index is 0.0724. The van der Waals surface area contributed by atoms with Crippen LogP contribution in [0.5, 0.6) is 0 Å². The fourth-order valence-corrected chi connectivity index (χ4v) is 5.58. The maximum atomic E-state index is 12.8. The van der Waals surface area contributed by atoms with E-state index in [2.05, 4.69) is 46.0 Å². The maximum absolute atomic E-state index is 12.8. The molecule has 1 aliphatic heterocycles. The Morgan fingerprint density at radius 3 is 2.45 bits per heavy atom. The van der Waals surface area contributed by atoms with Gasteiger partial charge in [0.1, 0.15) is 27.9 Å². The van der Waals surface area contributed by atoms with Gasteiger partial charge in [-0.05, 0) is 46.2 Å². The predicted molar refractivity (Wildman–Crippen MR) is 183 cm³/mol. The summed E-state index contributed by atoms with van der Waals surface area (Å²) >= 11 is 7.47. The van der Waals surface area contributed by atoms with Crippen molar-refractivity contribution in [2.75, 3.05) is 74.6 Å². The zero-order valence-corrected chi connectivity index (χ0v) is 28.9. The number of carbonyl (C=O) groups is 3. The molecule has 0 spiro atoms. The lowest BCUT2D eigenvalue weighted by atomic mass is 10.2. The molecule has 1 fully saturated rings. The first-order valence-corrected chi connectivity index (χ1v) is 16.5. The number of piperazine rings is 1. The fraction of sp³-hybridized carbons (Fsp3) is 0.484. The highest BCUT2D eigenvalue weighted by molar-refractivity contribution is 7.17. The van der Waals surface area contributed by atoms with Gasteiger partial charge in [-0.2, -0.15) is 0 Å². The molecule has 47 heavy (non-hydrogen) atoms. The van der Waals surface area contributed by atoms with Crippen LogP contribution >= 0.6 is 22.9 Å². The Balaban J connectivity index is 1.17. The average Bonchev–Trinajstić information content (AvgIpc) is 3.46. The van der Waals surface area contributed by atoms with Crippen molar-refractivity contribution in [1.82, 2.24) is 30.5 Å². The minimum atomic E-state index is -0.548. The van der Waals surface area contributed by atoms with Gasteiger partial charge < -0.3 is 35.6 Å². The van der Waals surface area contributed by atoms with Gasteiger partial charge in [0.2, 0.25) is 5.91 Å². The molecule has 0 unspecified atom stereocenters. The second kappa shape index (κ2) is 16.7.